The number of carbonyl (C=O) groups is 4. The summed E-state index contributed by atoms with van der Waals surface area (Å²) in [6.07, 6.45) is 7.08. The van der Waals surface area contributed by atoms with E-state index in [1.165, 1.54) is 0 Å². The maximum atomic E-state index is 12.7. The minimum Gasteiger partial charge on any atom is -0.356 e. The minimum atomic E-state index is -0.438. The van der Waals surface area contributed by atoms with Gasteiger partial charge in [-0.15, -0.1) is 0 Å². The molecule has 1 atom stereocenters. The Labute approximate surface area is 214 Å². The normalized spacial score (nSPS) is 12.9. The van der Waals surface area contributed by atoms with Crippen LogP contribution in [0, 0.1) is 11.3 Å². The molecule has 0 aromatic heterocycles. The monoisotopic (exact) mass is 495 g/mol. The Morgan fingerprint density at radius 2 is 1.23 bits per heavy atom. The molecule has 0 saturated carbocycles. The Balaban J connectivity index is 4.26. The SMILES string of the molecule is CC(C)C(=O)CCCCCNC(=O)C(CCC(=O)NCCCCCC(=O)C(C)(C)C)NC(C)(C)C. The molecule has 204 valence electrons. The van der Waals surface area contributed by atoms with E-state index in [4.69, 9.17) is 0 Å². The summed E-state index contributed by atoms with van der Waals surface area (Å²) < 4.78 is 0. The van der Waals surface area contributed by atoms with E-state index >= 15 is 0 Å². The molecule has 7 heteroatoms. The van der Waals surface area contributed by atoms with Crippen molar-refractivity contribution in [2.75, 3.05) is 13.1 Å². The van der Waals surface area contributed by atoms with Gasteiger partial charge in [0.15, 0.2) is 0 Å². The van der Waals surface area contributed by atoms with Gasteiger partial charge in [-0.1, -0.05) is 47.5 Å². The fourth-order valence-corrected chi connectivity index (χ4v) is 3.57. The molecular formula is C28H53N3O4. The standard InChI is InChI=1S/C28H53N3O4/c1-21(2)23(32)15-11-9-14-20-30-26(35)22(31-28(6,7)8)17-18-25(34)29-19-13-10-12-16-24(33)27(3,4)5/h21-22,31H,9-20H2,1-8H3,(H,29,34)(H,30,35). The van der Waals surface area contributed by atoms with Crippen LogP contribution in [-0.2, 0) is 19.2 Å². The van der Waals surface area contributed by atoms with Gasteiger partial charge in [-0.25, -0.2) is 0 Å². The predicted octanol–water partition coefficient (Wildman–Crippen LogP) is 4.72. The number of unbranched alkanes of at least 4 members (excludes halogenated alkanes) is 4. The van der Waals surface area contributed by atoms with Gasteiger partial charge in [0.05, 0.1) is 6.04 Å². The molecule has 0 saturated heterocycles. The van der Waals surface area contributed by atoms with Crippen molar-refractivity contribution in [2.24, 2.45) is 11.3 Å². The van der Waals surface area contributed by atoms with Gasteiger partial charge in [-0.3, -0.25) is 19.2 Å². The summed E-state index contributed by atoms with van der Waals surface area (Å²) in [7, 11) is 0. The Bertz CT molecular complexity index is 660. The molecule has 0 rings (SSSR count). The van der Waals surface area contributed by atoms with E-state index in [9.17, 15) is 19.2 Å². The highest BCUT2D eigenvalue weighted by Crippen LogP contribution is 2.18. The van der Waals surface area contributed by atoms with E-state index in [-0.39, 0.29) is 46.7 Å². The van der Waals surface area contributed by atoms with Crippen molar-refractivity contribution in [2.45, 2.75) is 131 Å². The van der Waals surface area contributed by atoms with Crippen LogP contribution < -0.4 is 16.0 Å². The van der Waals surface area contributed by atoms with Crippen molar-refractivity contribution in [3.05, 3.63) is 0 Å². The summed E-state index contributed by atoms with van der Waals surface area (Å²) in [4.78, 5) is 48.7. The Kier molecular flexibility index (Phi) is 16.0. The van der Waals surface area contributed by atoms with Crippen LogP contribution in [0.2, 0.25) is 0 Å². The number of hydrogen-bond acceptors (Lipinski definition) is 5. The average Bonchev–Trinajstić information content (AvgIpc) is 2.73. The lowest BCUT2D eigenvalue weighted by atomic mass is 9.88. The zero-order chi connectivity index (χ0) is 27.1. The Morgan fingerprint density at radius 3 is 1.74 bits per heavy atom. The number of nitrogens with one attached hydrogen (secondary N) is 3. The lowest BCUT2D eigenvalue weighted by Crippen LogP contribution is -2.52. The molecule has 0 aliphatic heterocycles. The predicted molar refractivity (Wildman–Crippen MR) is 143 cm³/mol. The summed E-state index contributed by atoms with van der Waals surface area (Å²) in [6, 6.07) is -0.438. The molecule has 2 amide bonds. The van der Waals surface area contributed by atoms with E-state index in [1.54, 1.807) is 0 Å². The lowest BCUT2D eigenvalue weighted by Gasteiger charge is -2.28. The van der Waals surface area contributed by atoms with Crippen LogP contribution in [0.15, 0.2) is 0 Å². The van der Waals surface area contributed by atoms with E-state index in [2.05, 4.69) is 16.0 Å². The average molecular weight is 496 g/mol. The molecule has 35 heavy (non-hydrogen) atoms. The highest BCUT2D eigenvalue weighted by Gasteiger charge is 2.24. The smallest absolute Gasteiger partial charge is 0.237 e. The van der Waals surface area contributed by atoms with Crippen LogP contribution in [0.1, 0.15) is 120 Å². The topological polar surface area (TPSA) is 104 Å². The highest BCUT2D eigenvalue weighted by molar-refractivity contribution is 5.84. The first-order valence-electron chi connectivity index (χ1n) is 13.5. The van der Waals surface area contributed by atoms with Crippen molar-refractivity contribution < 1.29 is 19.2 Å². The van der Waals surface area contributed by atoms with Gasteiger partial charge in [0.25, 0.3) is 0 Å². The van der Waals surface area contributed by atoms with Gasteiger partial charge in [0.2, 0.25) is 11.8 Å². The second-order valence-electron chi connectivity index (χ2n) is 12.0. The summed E-state index contributed by atoms with van der Waals surface area (Å²) in [5, 5.41) is 9.24. The van der Waals surface area contributed by atoms with E-state index < -0.39 is 6.04 Å². The number of hydrogen-bond donors (Lipinski definition) is 3. The Hall–Kier alpha value is -1.76. The molecule has 0 radical (unpaired) electrons. The zero-order valence-electron chi connectivity index (χ0n) is 23.8. The summed E-state index contributed by atoms with van der Waals surface area (Å²) in [6.45, 7) is 16.8. The third-order valence-corrected chi connectivity index (χ3v) is 5.87. The molecule has 7 nitrogen and oxygen atoms in total. The number of ketones is 2. The first-order valence-corrected chi connectivity index (χ1v) is 13.5. The zero-order valence-corrected chi connectivity index (χ0v) is 23.8. The third kappa shape index (κ3) is 18.2. The largest absolute Gasteiger partial charge is 0.356 e. The molecule has 3 N–H and O–H groups in total. The molecule has 0 heterocycles. The molecule has 0 aliphatic carbocycles. The first-order chi connectivity index (χ1) is 16.1. The van der Waals surface area contributed by atoms with Gasteiger partial charge in [0.1, 0.15) is 11.6 Å². The van der Waals surface area contributed by atoms with Crippen LogP contribution in [0.3, 0.4) is 0 Å². The van der Waals surface area contributed by atoms with Gasteiger partial charge in [-0.2, -0.15) is 0 Å². The fraction of sp³-hybridized carbons (Fsp3) is 0.857. The minimum absolute atomic E-state index is 0.0564. The number of amides is 2. The van der Waals surface area contributed by atoms with Crippen LogP contribution in [0.5, 0.6) is 0 Å². The van der Waals surface area contributed by atoms with Crippen molar-refractivity contribution in [3.8, 4) is 0 Å². The van der Waals surface area contributed by atoms with Crippen molar-refractivity contribution in [3.63, 3.8) is 0 Å². The highest BCUT2D eigenvalue weighted by atomic mass is 16.2. The molecule has 0 bridgehead atoms. The van der Waals surface area contributed by atoms with E-state index in [0.717, 1.165) is 38.5 Å². The Morgan fingerprint density at radius 1 is 0.686 bits per heavy atom. The second-order valence-corrected chi connectivity index (χ2v) is 12.0. The number of carbonyl (C=O) groups excluding carboxylic acids is 4. The van der Waals surface area contributed by atoms with Gasteiger partial charge in [-0.05, 0) is 52.9 Å². The molecule has 1 unspecified atom stereocenters. The molecule has 0 aromatic carbocycles. The van der Waals surface area contributed by atoms with Crippen LogP contribution >= 0.6 is 0 Å². The quantitative estimate of drug-likeness (QED) is 0.239. The number of rotatable bonds is 18. The maximum Gasteiger partial charge on any atom is 0.237 e. The first kappa shape index (κ1) is 33.2. The molecule has 0 fully saturated rings. The van der Waals surface area contributed by atoms with Crippen LogP contribution in [0.25, 0.3) is 0 Å². The van der Waals surface area contributed by atoms with Crippen molar-refractivity contribution >= 4 is 23.4 Å². The lowest BCUT2D eigenvalue weighted by molar-refractivity contribution is -0.126. The van der Waals surface area contributed by atoms with Crippen molar-refractivity contribution in [1.29, 1.82) is 0 Å². The molecule has 0 aliphatic rings. The fourth-order valence-electron chi connectivity index (χ4n) is 3.57. The third-order valence-electron chi connectivity index (χ3n) is 5.87. The summed E-state index contributed by atoms with van der Waals surface area (Å²) in [5.41, 5.74) is -0.536. The number of Topliss-reactive ketones (excluding diaryl/α,β-unsaturated/α-hetero) is 2. The molecule has 0 spiro atoms. The molecular weight excluding hydrogens is 442 g/mol. The van der Waals surface area contributed by atoms with Crippen molar-refractivity contribution in [1.82, 2.24) is 16.0 Å². The van der Waals surface area contributed by atoms with Crippen LogP contribution in [-0.4, -0.2) is 48.1 Å². The van der Waals surface area contributed by atoms with Gasteiger partial charge in [0, 0.05) is 49.2 Å². The maximum absolute atomic E-state index is 12.7. The van der Waals surface area contributed by atoms with E-state index in [1.807, 2.05) is 55.4 Å². The van der Waals surface area contributed by atoms with Gasteiger partial charge < -0.3 is 16.0 Å². The van der Waals surface area contributed by atoms with Crippen LogP contribution in [0.4, 0.5) is 0 Å². The summed E-state index contributed by atoms with van der Waals surface area (Å²) in [5.74, 6) is 0.504. The second kappa shape index (κ2) is 16.8. The summed E-state index contributed by atoms with van der Waals surface area (Å²) >= 11 is 0. The molecule has 0 aromatic rings. The van der Waals surface area contributed by atoms with Gasteiger partial charge >= 0.3 is 0 Å². The van der Waals surface area contributed by atoms with E-state index in [0.29, 0.717) is 32.4 Å².